The average Bonchev–Trinajstić information content (AvgIpc) is 1.87. The molecule has 1 N–H and O–H groups in total. The smallest absolute Gasteiger partial charge is 0.146 e. The lowest BCUT2D eigenvalue weighted by molar-refractivity contribution is -0.118. The first-order chi connectivity index (χ1) is 5.07. The Balaban J connectivity index is 3.70. The molecule has 66 valence electrons. The van der Waals surface area contributed by atoms with Crippen molar-refractivity contribution in [3.8, 4) is 0 Å². The maximum Gasteiger partial charge on any atom is 0.146 e. The van der Waals surface area contributed by atoms with Crippen molar-refractivity contribution >= 4 is 16.6 Å². The number of hydrogen-bond acceptors (Lipinski definition) is 3. The van der Waals surface area contributed by atoms with Crippen LogP contribution in [0.3, 0.4) is 0 Å². The number of hydrogen-bond donors (Lipinski definition) is 1. The normalized spacial score (nSPS) is 15.9. The molecule has 2 atom stereocenters. The van der Waals surface area contributed by atoms with E-state index in [1.807, 2.05) is 0 Å². The molecule has 0 bridgehead atoms. The first kappa shape index (κ1) is 10.8. The summed E-state index contributed by atoms with van der Waals surface area (Å²) < 4.78 is 10.7. The Bertz CT molecular complexity index is 159. The Kier molecular flexibility index (Phi) is 5.32. The number of rotatable bonds is 5. The number of carbonyl (C=O) groups excluding carboxylic acids is 1. The molecule has 0 radical (unpaired) electrons. The minimum Gasteiger partial charge on any atom is -0.311 e. The topological polar surface area (TPSA) is 46.2 Å². The molecule has 0 aliphatic heterocycles. The average molecular weight is 177 g/mol. The number of carbonyl (C=O) groups is 1. The fourth-order valence-corrected chi connectivity index (χ4v) is 1.40. The summed E-state index contributed by atoms with van der Waals surface area (Å²) in [4.78, 5) is 10.8. The van der Waals surface area contributed by atoms with Gasteiger partial charge in [-0.2, -0.15) is 0 Å². The standard InChI is InChI=1S/C7H15NO2S/c1-6(9)7(8-2)4-5-11(3)10/h7-8H,4-5H2,1-3H3/t7-,11?/m0/s1. The molecule has 11 heavy (non-hydrogen) atoms. The second-order valence-electron chi connectivity index (χ2n) is 2.52. The Hall–Kier alpha value is -0.220. The van der Waals surface area contributed by atoms with Gasteiger partial charge in [-0.15, -0.1) is 0 Å². The summed E-state index contributed by atoms with van der Waals surface area (Å²) in [5, 5.41) is 2.87. The van der Waals surface area contributed by atoms with E-state index in [2.05, 4.69) is 5.32 Å². The van der Waals surface area contributed by atoms with Crippen LogP contribution in [0.2, 0.25) is 0 Å². The molecular weight excluding hydrogens is 162 g/mol. The van der Waals surface area contributed by atoms with Gasteiger partial charge in [0.15, 0.2) is 0 Å². The van der Waals surface area contributed by atoms with Crippen LogP contribution >= 0.6 is 0 Å². The van der Waals surface area contributed by atoms with Gasteiger partial charge in [0.2, 0.25) is 0 Å². The molecule has 0 rings (SSSR count). The van der Waals surface area contributed by atoms with Crippen molar-refractivity contribution < 1.29 is 9.00 Å². The second kappa shape index (κ2) is 5.43. The third-order valence-electron chi connectivity index (χ3n) is 1.53. The molecule has 3 nitrogen and oxygen atoms in total. The minimum absolute atomic E-state index is 0.109. The fraction of sp³-hybridized carbons (Fsp3) is 0.857. The predicted octanol–water partition coefficient (Wildman–Crippen LogP) is -0.0680. The van der Waals surface area contributed by atoms with Crippen molar-refractivity contribution in [2.24, 2.45) is 0 Å². The van der Waals surface area contributed by atoms with Gasteiger partial charge < -0.3 is 5.32 Å². The zero-order valence-electron chi connectivity index (χ0n) is 7.22. The zero-order valence-corrected chi connectivity index (χ0v) is 8.03. The lowest BCUT2D eigenvalue weighted by Gasteiger charge is -2.10. The van der Waals surface area contributed by atoms with Crippen molar-refractivity contribution in [2.75, 3.05) is 19.1 Å². The van der Waals surface area contributed by atoms with E-state index in [1.54, 1.807) is 20.2 Å². The van der Waals surface area contributed by atoms with Crippen molar-refractivity contribution in [1.29, 1.82) is 0 Å². The summed E-state index contributed by atoms with van der Waals surface area (Å²) in [5.74, 6) is 0.698. The van der Waals surface area contributed by atoms with Crippen LogP contribution in [0.5, 0.6) is 0 Å². The van der Waals surface area contributed by atoms with Gasteiger partial charge in [0.25, 0.3) is 0 Å². The highest BCUT2D eigenvalue weighted by Gasteiger charge is 2.10. The highest BCUT2D eigenvalue weighted by Crippen LogP contribution is 1.94. The zero-order chi connectivity index (χ0) is 8.85. The number of ketones is 1. The fourth-order valence-electron chi connectivity index (χ4n) is 0.835. The van der Waals surface area contributed by atoms with E-state index >= 15 is 0 Å². The van der Waals surface area contributed by atoms with Crippen LogP contribution in [-0.2, 0) is 15.6 Å². The largest absolute Gasteiger partial charge is 0.311 e. The minimum atomic E-state index is -0.797. The van der Waals surface area contributed by atoms with Crippen molar-refractivity contribution in [2.45, 2.75) is 19.4 Å². The molecule has 0 aromatic heterocycles. The van der Waals surface area contributed by atoms with Gasteiger partial charge in [0.1, 0.15) is 5.78 Å². The Labute approximate surface area is 70.0 Å². The molecule has 0 aromatic rings. The molecule has 0 aromatic carbocycles. The molecule has 0 heterocycles. The first-order valence-electron chi connectivity index (χ1n) is 3.55. The highest BCUT2D eigenvalue weighted by molar-refractivity contribution is 7.84. The lowest BCUT2D eigenvalue weighted by atomic mass is 10.1. The van der Waals surface area contributed by atoms with Gasteiger partial charge in [0.05, 0.1) is 6.04 Å². The third-order valence-corrected chi connectivity index (χ3v) is 2.34. The van der Waals surface area contributed by atoms with E-state index in [-0.39, 0.29) is 11.8 Å². The molecule has 0 spiro atoms. The van der Waals surface area contributed by atoms with Crippen molar-refractivity contribution in [3.05, 3.63) is 0 Å². The van der Waals surface area contributed by atoms with Gasteiger partial charge in [-0.05, 0) is 20.4 Å². The Morgan fingerprint density at radius 3 is 2.45 bits per heavy atom. The predicted molar refractivity (Wildman–Crippen MR) is 47.1 cm³/mol. The van der Waals surface area contributed by atoms with Crippen LogP contribution in [0.4, 0.5) is 0 Å². The second-order valence-corrected chi connectivity index (χ2v) is 4.07. The van der Waals surface area contributed by atoms with Gasteiger partial charge in [-0.25, -0.2) is 0 Å². The van der Waals surface area contributed by atoms with Crippen LogP contribution in [0.1, 0.15) is 13.3 Å². The van der Waals surface area contributed by atoms with E-state index in [4.69, 9.17) is 0 Å². The molecular formula is C7H15NO2S. The van der Waals surface area contributed by atoms with Gasteiger partial charge in [-0.1, -0.05) is 0 Å². The number of Topliss-reactive ketones (excluding diaryl/α,β-unsaturated/α-hetero) is 1. The quantitative estimate of drug-likeness (QED) is 0.639. The van der Waals surface area contributed by atoms with Gasteiger partial charge >= 0.3 is 0 Å². The van der Waals surface area contributed by atoms with Gasteiger partial charge in [0, 0.05) is 22.8 Å². The highest BCUT2D eigenvalue weighted by atomic mass is 32.2. The van der Waals surface area contributed by atoms with Crippen LogP contribution < -0.4 is 5.32 Å². The Morgan fingerprint density at radius 2 is 2.18 bits per heavy atom. The Morgan fingerprint density at radius 1 is 1.64 bits per heavy atom. The summed E-state index contributed by atoms with van der Waals surface area (Å²) in [5.41, 5.74) is 0. The number of likely N-dealkylation sites (N-methyl/N-ethyl adjacent to an activating group) is 1. The summed E-state index contributed by atoms with van der Waals surface area (Å²) in [6, 6.07) is -0.126. The third kappa shape index (κ3) is 5.09. The van der Waals surface area contributed by atoms with E-state index in [0.29, 0.717) is 12.2 Å². The summed E-state index contributed by atoms with van der Waals surface area (Å²) in [6.45, 7) is 1.54. The first-order valence-corrected chi connectivity index (χ1v) is 5.28. The van der Waals surface area contributed by atoms with E-state index in [1.165, 1.54) is 0 Å². The molecule has 1 unspecified atom stereocenters. The van der Waals surface area contributed by atoms with Crippen molar-refractivity contribution in [1.82, 2.24) is 5.32 Å². The van der Waals surface area contributed by atoms with Crippen molar-refractivity contribution in [3.63, 3.8) is 0 Å². The maximum atomic E-state index is 10.8. The molecule has 0 saturated carbocycles. The SMILES string of the molecule is CN[C@@H](CCS(C)=O)C(C)=O. The molecule has 0 fully saturated rings. The van der Waals surface area contributed by atoms with E-state index in [0.717, 1.165) is 0 Å². The molecule has 4 heteroatoms. The lowest BCUT2D eigenvalue weighted by Crippen LogP contribution is -2.33. The molecule has 0 saturated heterocycles. The van der Waals surface area contributed by atoms with Gasteiger partial charge in [-0.3, -0.25) is 9.00 Å². The summed E-state index contributed by atoms with van der Waals surface area (Å²) in [6.07, 6.45) is 2.31. The van der Waals surface area contributed by atoms with Crippen LogP contribution in [0, 0.1) is 0 Å². The van der Waals surface area contributed by atoms with Crippen LogP contribution in [-0.4, -0.2) is 35.1 Å². The maximum absolute atomic E-state index is 10.8. The molecule has 0 aliphatic carbocycles. The number of nitrogens with one attached hydrogen (secondary N) is 1. The van der Waals surface area contributed by atoms with Crippen LogP contribution in [0.15, 0.2) is 0 Å². The van der Waals surface area contributed by atoms with Crippen LogP contribution in [0.25, 0.3) is 0 Å². The van der Waals surface area contributed by atoms with E-state index in [9.17, 15) is 9.00 Å². The molecule has 0 aliphatic rings. The summed E-state index contributed by atoms with van der Waals surface area (Å²) >= 11 is 0. The molecule has 0 amide bonds. The monoisotopic (exact) mass is 177 g/mol. The summed E-state index contributed by atoms with van der Waals surface area (Å²) in [7, 11) is 0.944. The van der Waals surface area contributed by atoms with E-state index < -0.39 is 10.8 Å².